The van der Waals surface area contributed by atoms with E-state index in [0.717, 1.165) is 24.9 Å². The average Bonchev–Trinajstić information content (AvgIpc) is 3.12. The fourth-order valence-corrected chi connectivity index (χ4v) is 2.99. The van der Waals surface area contributed by atoms with Crippen LogP contribution in [0.15, 0.2) is 11.3 Å². The summed E-state index contributed by atoms with van der Waals surface area (Å²) < 4.78 is 1.90. The van der Waals surface area contributed by atoms with E-state index >= 15 is 0 Å². The normalized spacial score (nSPS) is 18.0. The number of guanidine groups is 1. The molecule has 2 N–H and O–H groups in total. The third-order valence-corrected chi connectivity index (χ3v) is 4.57. The number of hydrogen-bond acceptors (Lipinski definition) is 3. The quantitative estimate of drug-likeness (QED) is 0.620. The monoisotopic (exact) mass is 292 g/mol. The Bertz CT molecular complexity index is 458. The molecule has 1 heterocycles. The Labute approximate surface area is 127 Å². The summed E-state index contributed by atoms with van der Waals surface area (Å²) in [5, 5.41) is 14.8. The number of nitrogens with zero attached hydrogens (tertiary/aromatic N) is 4. The lowest BCUT2D eigenvalue weighted by Gasteiger charge is -2.28. The van der Waals surface area contributed by atoms with Crippen LogP contribution in [0.25, 0.3) is 0 Å². The molecule has 6 heteroatoms. The van der Waals surface area contributed by atoms with Crippen LogP contribution < -0.4 is 10.6 Å². The molecule has 1 aliphatic carbocycles. The largest absolute Gasteiger partial charge is 0.357 e. The van der Waals surface area contributed by atoms with Gasteiger partial charge >= 0.3 is 0 Å². The Hall–Kier alpha value is -1.59. The van der Waals surface area contributed by atoms with E-state index in [1.807, 2.05) is 11.6 Å². The van der Waals surface area contributed by atoms with Crippen LogP contribution >= 0.6 is 0 Å². The summed E-state index contributed by atoms with van der Waals surface area (Å²) >= 11 is 0. The molecule has 6 nitrogen and oxygen atoms in total. The molecule has 2 rings (SSSR count). The summed E-state index contributed by atoms with van der Waals surface area (Å²) in [4.78, 5) is 4.61. The Morgan fingerprint density at radius 1 is 1.33 bits per heavy atom. The highest BCUT2D eigenvalue weighted by molar-refractivity contribution is 5.79. The number of aliphatic imine (C=N–C) groups is 1. The van der Waals surface area contributed by atoms with Crippen molar-refractivity contribution in [1.29, 1.82) is 0 Å². The molecular weight excluding hydrogens is 264 g/mol. The third-order valence-electron chi connectivity index (χ3n) is 4.57. The van der Waals surface area contributed by atoms with E-state index in [4.69, 9.17) is 0 Å². The minimum atomic E-state index is 0.459. The molecule has 0 atom stereocenters. The van der Waals surface area contributed by atoms with Gasteiger partial charge < -0.3 is 15.2 Å². The van der Waals surface area contributed by atoms with Crippen LogP contribution in [0, 0.1) is 5.41 Å². The van der Waals surface area contributed by atoms with Gasteiger partial charge in [0.15, 0.2) is 11.8 Å². The van der Waals surface area contributed by atoms with E-state index in [2.05, 4.69) is 39.7 Å². The molecule has 0 spiro atoms. The fourth-order valence-electron chi connectivity index (χ4n) is 2.99. The first-order chi connectivity index (χ1) is 10.2. The molecule has 1 fully saturated rings. The lowest BCUT2D eigenvalue weighted by Crippen LogP contribution is -2.42. The van der Waals surface area contributed by atoms with Gasteiger partial charge in [0, 0.05) is 20.1 Å². The van der Waals surface area contributed by atoms with E-state index in [-0.39, 0.29) is 0 Å². The van der Waals surface area contributed by atoms with Crippen LogP contribution in [-0.2, 0) is 13.6 Å². The third kappa shape index (κ3) is 4.19. The number of nitrogens with one attached hydrogen (secondary N) is 2. The summed E-state index contributed by atoms with van der Waals surface area (Å²) in [6, 6.07) is 0. The van der Waals surface area contributed by atoms with Crippen molar-refractivity contribution in [2.75, 3.05) is 13.1 Å². The van der Waals surface area contributed by atoms with Crippen molar-refractivity contribution >= 4 is 5.96 Å². The summed E-state index contributed by atoms with van der Waals surface area (Å²) in [7, 11) is 1.94. The topological polar surface area (TPSA) is 67.1 Å². The summed E-state index contributed by atoms with van der Waals surface area (Å²) in [6.45, 7) is 6.81. The van der Waals surface area contributed by atoms with Crippen LogP contribution in [0.3, 0.4) is 0 Å². The highest BCUT2D eigenvalue weighted by atomic mass is 15.3. The zero-order chi connectivity index (χ0) is 15.1. The summed E-state index contributed by atoms with van der Waals surface area (Å²) in [5.74, 6) is 1.75. The minimum absolute atomic E-state index is 0.459. The number of rotatable bonds is 6. The van der Waals surface area contributed by atoms with Crippen LogP contribution in [-0.4, -0.2) is 33.8 Å². The summed E-state index contributed by atoms with van der Waals surface area (Å²) in [6.07, 6.45) is 8.33. The zero-order valence-corrected chi connectivity index (χ0v) is 13.5. The number of aromatic nitrogens is 3. The van der Waals surface area contributed by atoms with Crippen LogP contribution in [0.2, 0.25) is 0 Å². The molecule has 0 bridgehead atoms. The maximum Gasteiger partial charge on any atom is 0.191 e. The van der Waals surface area contributed by atoms with Gasteiger partial charge in [-0.3, -0.25) is 0 Å². The van der Waals surface area contributed by atoms with Gasteiger partial charge in [-0.25, -0.2) is 4.99 Å². The Balaban J connectivity index is 1.93. The molecule has 21 heavy (non-hydrogen) atoms. The predicted octanol–water partition coefficient (Wildman–Crippen LogP) is 1.84. The molecule has 0 aromatic carbocycles. The Morgan fingerprint density at radius 3 is 2.67 bits per heavy atom. The molecule has 1 aromatic heterocycles. The van der Waals surface area contributed by atoms with Crippen molar-refractivity contribution in [2.24, 2.45) is 17.5 Å². The first-order valence-corrected chi connectivity index (χ1v) is 8.04. The van der Waals surface area contributed by atoms with E-state index in [1.54, 1.807) is 6.33 Å². The molecule has 1 saturated carbocycles. The van der Waals surface area contributed by atoms with E-state index in [0.29, 0.717) is 12.0 Å². The SMILES string of the molecule is CCNC(=NCc1nncn1C)NCC1(CC)CCCC1. The van der Waals surface area contributed by atoms with Crippen molar-refractivity contribution in [3.63, 3.8) is 0 Å². The molecule has 118 valence electrons. The van der Waals surface area contributed by atoms with Crippen LogP contribution in [0.4, 0.5) is 0 Å². The van der Waals surface area contributed by atoms with Crippen molar-refractivity contribution in [3.8, 4) is 0 Å². The second kappa shape index (κ2) is 7.43. The first kappa shape index (κ1) is 15.8. The first-order valence-electron chi connectivity index (χ1n) is 8.04. The minimum Gasteiger partial charge on any atom is -0.357 e. The van der Waals surface area contributed by atoms with Gasteiger partial charge in [-0.1, -0.05) is 19.8 Å². The van der Waals surface area contributed by atoms with Gasteiger partial charge in [0.1, 0.15) is 12.9 Å². The molecule has 1 aliphatic rings. The van der Waals surface area contributed by atoms with E-state index < -0.39 is 0 Å². The van der Waals surface area contributed by atoms with Gasteiger partial charge in [0.2, 0.25) is 0 Å². The van der Waals surface area contributed by atoms with Gasteiger partial charge in [-0.15, -0.1) is 10.2 Å². The van der Waals surface area contributed by atoms with Crippen molar-refractivity contribution in [1.82, 2.24) is 25.4 Å². The van der Waals surface area contributed by atoms with Crippen molar-refractivity contribution in [2.45, 2.75) is 52.5 Å². The average molecular weight is 292 g/mol. The number of aryl methyl sites for hydroxylation is 1. The van der Waals surface area contributed by atoms with Gasteiger partial charge in [0.25, 0.3) is 0 Å². The van der Waals surface area contributed by atoms with Crippen LogP contribution in [0.5, 0.6) is 0 Å². The second-order valence-corrected chi connectivity index (χ2v) is 5.97. The maximum absolute atomic E-state index is 4.61. The highest BCUT2D eigenvalue weighted by Gasteiger charge is 2.31. The van der Waals surface area contributed by atoms with E-state index in [9.17, 15) is 0 Å². The fraction of sp³-hybridized carbons (Fsp3) is 0.800. The van der Waals surface area contributed by atoms with E-state index in [1.165, 1.54) is 32.1 Å². The van der Waals surface area contributed by atoms with Crippen molar-refractivity contribution in [3.05, 3.63) is 12.2 Å². The maximum atomic E-state index is 4.61. The molecule has 0 amide bonds. The predicted molar refractivity (Wildman–Crippen MR) is 85.0 cm³/mol. The highest BCUT2D eigenvalue weighted by Crippen LogP contribution is 2.40. The summed E-state index contributed by atoms with van der Waals surface area (Å²) in [5.41, 5.74) is 0.459. The second-order valence-electron chi connectivity index (χ2n) is 5.97. The van der Waals surface area contributed by atoms with Gasteiger partial charge in [-0.2, -0.15) is 0 Å². The molecular formula is C15H28N6. The van der Waals surface area contributed by atoms with Crippen molar-refractivity contribution < 1.29 is 0 Å². The van der Waals surface area contributed by atoms with Gasteiger partial charge in [0.05, 0.1) is 0 Å². The smallest absolute Gasteiger partial charge is 0.191 e. The van der Waals surface area contributed by atoms with Gasteiger partial charge in [-0.05, 0) is 31.6 Å². The van der Waals surface area contributed by atoms with Crippen LogP contribution in [0.1, 0.15) is 51.8 Å². The standard InChI is InChI=1S/C15H28N6/c1-4-15(8-6-7-9-15)11-18-14(16-5-2)17-10-13-20-19-12-21(13)3/h12H,4-11H2,1-3H3,(H2,16,17,18). The molecule has 0 unspecified atom stereocenters. The molecule has 0 aliphatic heterocycles. The lowest BCUT2D eigenvalue weighted by molar-refractivity contribution is 0.283. The molecule has 0 radical (unpaired) electrons. The Kier molecular flexibility index (Phi) is 5.59. The molecule has 1 aromatic rings. The zero-order valence-electron chi connectivity index (χ0n) is 13.5. The lowest BCUT2D eigenvalue weighted by atomic mass is 9.83. The Morgan fingerprint density at radius 2 is 2.10 bits per heavy atom. The molecule has 0 saturated heterocycles. The number of hydrogen-bond donors (Lipinski definition) is 2.